The van der Waals surface area contributed by atoms with Crippen LogP contribution in [0.1, 0.15) is 103 Å². The number of phenolic OH excluding ortho intramolecular Hbond substituents is 1. The van der Waals surface area contributed by atoms with Crippen LogP contribution in [0.5, 0.6) is 5.75 Å². The van der Waals surface area contributed by atoms with Crippen molar-refractivity contribution in [3.05, 3.63) is 65.9 Å². The van der Waals surface area contributed by atoms with Crippen molar-refractivity contribution in [3.63, 3.8) is 0 Å². The van der Waals surface area contributed by atoms with Gasteiger partial charge in [0.05, 0.1) is 37.9 Å². The molecule has 1 saturated heterocycles. The van der Waals surface area contributed by atoms with Crippen LogP contribution in [-0.4, -0.2) is 262 Å². The lowest BCUT2D eigenvalue weighted by atomic mass is 10.0. The minimum absolute atomic E-state index is 0.0294. The van der Waals surface area contributed by atoms with Crippen molar-refractivity contribution in [2.45, 2.75) is 177 Å². The maximum absolute atomic E-state index is 14.4. The number of unbranched alkanes of at least 4 members (excludes halogenated alkanes) is 1. The van der Waals surface area contributed by atoms with Crippen LogP contribution < -0.4 is 75.7 Å². The summed E-state index contributed by atoms with van der Waals surface area (Å²) in [6, 6.07) is -1.10. The molecule has 4 unspecified atom stereocenters. The number of guanidine groups is 1. The van der Waals surface area contributed by atoms with E-state index in [1.165, 1.54) is 55.0 Å². The number of H-pyrrole nitrogens is 1. The second kappa shape index (κ2) is 45.3. The van der Waals surface area contributed by atoms with Crippen LogP contribution in [0.15, 0.2) is 59.7 Å². The first-order valence-corrected chi connectivity index (χ1v) is 35.0. The van der Waals surface area contributed by atoms with Crippen LogP contribution in [0.3, 0.4) is 0 Å². The number of aliphatic imine (C=N–C) groups is 1. The van der Waals surface area contributed by atoms with Gasteiger partial charge in [-0.3, -0.25) is 62.5 Å². The van der Waals surface area contributed by atoms with Gasteiger partial charge in [0.15, 0.2) is 5.96 Å². The number of carbonyl (C=O) groups excluding carboxylic acids is 14. The van der Waals surface area contributed by atoms with E-state index in [4.69, 9.17) is 17.2 Å². The summed E-state index contributed by atoms with van der Waals surface area (Å²) in [6.45, 7) is 2.84. The minimum Gasteiger partial charge on any atom is -0.508 e. The molecule has 2 aromatic carbocycles. The number of fused-ring (bicyclic) bond motifs is 1. The lowest BCUT2D eigenvalue weighted by Crippen LogP contribution is -2.62. The fraction of sp³-hybridized carbons (Fsp3) is 0.567. The summed E-state index contributed by atoms with van der Waals surface area (Å²) in [6.07, 6.45) is -0.301. The average Bonchev–Trinajstić information content (AvgIpc) is 1.68. The first-order chi connectivity index (χ1) is 49.6. The molecule has 22 N–H and O–H groups in total. The van der Waals surface area contributed by atoms with E-state index in [9.17, 15) is 87.5 Å². The normalized spacial score (nSPS) is 15.7. The molecular weight excluding hydrogens is 1380 g/mol. The van der Waals surface area contributed by atoms with E-state index in [0.717, 1.165) is 17.8 Å². The number of aliphatic hydroxyl groups excluding tert-OH is 3. The van der Waals surface area contributed by atoms with Gasteiger partial charge in [0.1, 0.15) is 72.7 Å². The number of para-hydroxylation sites is 1. The number of amides is 12. The molecular formula is C67H102N18O18S. The molecule has 0 spiro atoms. The Morgan fingerprint density at radius 2 is 1.29 bits per heavy atom. The van der Waals surface area contributed by atoms with Gasteiger partial charge in [-0.15, -0.1) is 0 Å². The second-order valence-electron chi connectivity index (χ2n) is 25.1. The average molecular weight is 1480 g/mol. The van der Waals surface area contributed by atoms with E-state index in [1.807, 2.05) is 0 Å². The van der Waals surface area contributed by atoms with Gasteiger partial charge in [-0.1, -0.05) is 30.3 Å². The Morgan fingerprint density at radius 3 is 1.90 bits per heavy atom. The molecule has 1 aliphatic heterocycles. The molecule has 1 aliphatic rings. The SMILES string of the molecule is CNC(CCC(=O)N(CCS)CCCC(=O)N[C@H](C(=O)NC(CCCN=C(N)N)C(=O)N[C@H](C(=O)NC(CCCCN)C(=O)N[C@@H](C)C(=O)NC(Cc1ccc(O)cc1)C(=O)N[C@@H](Cc1c[nH]c2ccccc12)C(=O)N[C@H](C=O)CO)[C@@H](C)O)[C@@H](C)O)C(=O)N1CCC[C@H]1C(=O)NCC(=O)NCC=O. The fourth-order valence-electron chi connectivity index (χ4n) is 11.3. The summed E-state index contributed by atoms with van der Waals surface area (Å²) in [4.78, 5) is 197. The maximum atomic E-state index is 14.4. The molecule has 0 saturated carbocycles. The van der Waals surface area contributed by atoms with Gasteiger partial charge < -0.3 is 120 Å². The molecule has 0 radical (unpaired) electrons. The summed E-state index contributed by atoms with van der Waals surface area (Å²) >= 11 is 4.29. The van der Waals surface area contributed by atoms with Crippen molar-refractivity contribution in [1.82, 2.24) is 73.3 Å². The van der Waals surface area contributed by atoms with E-state index < -0.39 is 151 Å². The van der Waals surface area contributed by atoms with Crippen molar-refractivity contribution in [3.8, 4) is 5.75 Å². The van der Waals surface area contributed by atoms with Crippen molar-refractivity contribution in [2.24, 2.45) is 22.2 Å². The Balaban J connectivity index is 1.45. The van der Waals surface area contributed by atoms with Crippen molar-refractivity contribution in [1.29, 1.82) is 0 Å². The predicted molar refractivity (Wildman–Crippen MR) is 383 cm³/mol. The first kappa shape index (κ1) is 86.6. The zero-order chi connectivity index (χ0) is 77.0. The maximum Gasteiger partial charge on any atom is 0.245 e. The highest BCUT2D eigenvalue weighted by molar-refractivity contribution is 7.80. The van der Waals surface area contributed by atoms with Gasteiger partial charge in [0, 0.05) is 74.7 Å². The molecule has 1 fully saturated rings. The molecule has 2 heterocycles. The van der Waals surface area contributed by atoms with Gasteiger partial charge in [0.25, 0.3) is 0 Å². The summed E-state index contributed by atoms with van der Waals surface area (Å²) in [5.74, 6) is -9.65. The van der Waals surface area contributed by atoms with Crippen LogP contribution in [0, 0.1) is 0 Å². The molecule has 37 heteroatoms. The van der Waals surface area contributed by atoms with Crippen LogP contribution in [0.4, 0.5) is 0 Å². The number of nitrogens with two attached hydrogens (primary N) is 3. The molecule has 4 rings (SSSR count). The standard InChI is InChI=1S/C67H102N18O18S/c1-38(58(95)80-50(32-41-18-20-44(91)21-19-41)62(99)81-51(61(98)77-43(36-87)37-88)33-42-34-74-46-13-6-5-12-45(42)46)76-59(96)47(14-7-8-24-68)78-65(102)57(40(3)90)83-60(97)48(15-9-25-73-67(69)70)79-64(101)56(39(2)89)82-53(92)17-11-27-84(29-31-104)55(94)23-22-49(71-4)66(103)85-28-10-16-52(85)63(100)75-35-54(93)72-26-30-86/h5-6,12-13,18-21,30,34,36,38-40,43,47-52,56-57,71,74,88-91,104H,7-11,14-17,22-29,31-33,35,37,68H2,1-4H3,(H,72,93)(H,75,100)(H,76,96)(H,77,98)(H,78,102)(H,79,101)(H,80,95)(H,81,99)(H,82,92)(H,83,97)(H4,69,70,73)/t38-,39+,40+,43+,47?,48?,49?,50?,51-,52-,56-,57-/m0/s1. The number of aromatic nitrogens is 1. The number of likely N-dealkylation sites (tertiary alicyclic amines) is 1. The third-order valence-corrected chi connectivity index (χ3v) is 17.2. The number of aromatic hydroxyl groups is 1. The molecule has 574 valence electrons. The van der Waals surface area contributed by atoms with Gasteiger partial charge >= 0.3 is 0 Å². The van der Waals surface area contributed by atoms with Gasteiger partial charge in [-0.2, -0.15) is 12.6 Å². The number of thiol groups is 1. The van der Waals surface area contributed by atoms with E-state index in [-0.39, 0.29) is 127 Å². The zero-order valence-electron chi connectivity index (χ0n) is 58.9. The van der Waals surface area contributed by atoms with Crippen LogP contribution in [0.25, 0.3) is 10.9 Å². The zero-order valence-corrected chi connectivity index (χ0v) is 59.8. The third kappa shape index (κ3) is 28.8. The number of phenols is 1. The molecule has 0 aliphatic carbocycles. The number of hydrogen-bond acceptors (Lipinski definition) is 22. The number of aldehydes is 2. The monoisotopic (exact) mass is 1480 g/mol. The Labute approximate surface area is 607 Å². The number of carbonyl (C=O) groups is 14. The molecule has 0 bridgehead atoms. The van der Waals surface area contributed by atoms with Gasteiger partial charge in [-0.25, -0.2) is 0 Å². The van der Waals surface area contributed by atoms with Gasteiger partial charge in [-0.05, 0) is 121 Å². The molecule has 1 aromatic heterocycles. The number of likely N-dealkylation sites (N-methyl/N-ethyl adjacent to an activating group) is 1. The summed E-state index contributed by atoms with van der Waals surface area (Å²) in [7, 11) is 1.53. The predicted octanol–water partition coefficient (Wildman–Crippen LogP) is -5.98. The van der Waals surface area contributed by atoms with Crippen LogP contribution in [0.2, 0.25) is 0 Å². The van der Waals surface area contributed by atoms with E-state index in [0.29, 0.717) is 43.0 Å². The lowest BCUT2D eigenvalue weighted by Gasteiger charge is -2.29. The number of nitrogens with zero attached hydrogens (tertiary/aromatic N) is 3. The molecule has 12 atom stereocenters. The second-order valence-corrected chi connectivity index (χ2v) is 25.5. The highest BCUT2D eigenvalue weighted by Crippen LogP contribution is 2.22. The number of aromatic amines is 1. The van der Waals surface area contributed by atoms with E-state index >= 15 is 0 Å². The van der Waals surface area contributed by atoms with Crippen molar-refractivity contribution >= 4 is 113 Å². The number of hydrogen-bond donors (Lipinski definition) is 20. The molecule has 104 heavy (non-hydrogen) atoms. The third-order valence-electron chi connectivity index (χ3n) is 17.0. The molecule has 12 amide bonds. The topological polar surface area (TPSA) is 565 Å². The smallest absolute Gasteiger partial charge is 0.245 e. The highest BCUT2D eigenvalue weighted by Gasteiger charge is 2.39. The van der Waals surface area contributed by atoms with Gasteiger partial charge in [0.2, 0.25) is 70.9 Å². The van der Waals surface area contributed by atoms with Crippen LogP contribution in [-0.2, 0) is 80.0 Å². The Morgan fingerprint density at radius 1 is 0.683 bits per heavy atom. The number of nitrogens with one attached hydrogen (secondary N) is 12. The van der Waals surface area contributed by atoms with Crippen molar-refractivity contribution < 1.29 is 87.5 Å². The molecule has 3 aromatic rings. The summed E-state index contributed by atoms with van der Waals surface area (Å²) in [5.41, 5.74) is 18.6. The number of aliphatic hydroxyl groups is 3. The lowest BCUT2D eigenvalue weighted by molar-refractivity contribution is -0.140. The molecule has 36 nitrogen and oxygen atoms in total. The Hall–Kier alpha value is -9.82. The number of benzene rings is 2. The number of rotatable bonds is 47. The summed E-state index contributed by atoms with van der Waals surface area (Å²) < 4.78 is 0. The minimum atomic E-state index is -1.83. The Kier molecular flexibility index (Phi) is 37.7. The van der Waals surface area contributed by atoms with E-state index in [1.54, 1.807) is 30.5 Å². The Bertz CT molecular complexity index is 3410. The first-order valence-electron chi connectivity index (χ1n) is 34.4. The highest BCUT2D eigenvalue weighted by atomic mass is 32.1. The van der Waals surface area contributed by atoms with Crippen LogP contribution >= 0.6 is 12.6 Å². The quantitative estimate of drug-likeness (QED) is 0.00823. The summed E-state index contributed by atoms with van der Waals surface area (Å²) in [5, 5.41) is 70.1. The largest absolute Gasteiger partial charge is 0.508 e. The van der Waals surface area contributed by atoms with E-state index in [2.05, 4.69) is 81.1 Å². The van der Waals surface area contributed by atoms with Crippen molar-refractivity contribution in [2.75, 3.05) is 65.2 Å². The fourth-order valence-corrected chi connectivity index (χ4v) is 11.5.